The molecule has 1 N–H and O–H groups in total. The Hall–Kier alpha value is -2.70. The molecule has 1 amide bonds. The number of hydrogen-bond donors (Lipinski definition) is 1. The van der Waals surface area contributed by atoms with Crippen LogP contribution < -0.4 is 0 Å². The van der Waals surface area contributed by atoms with E-state index in [0.29, 0.717) is 11.4 Å². The number of nitrogens with zero attached hydrogens (tertiary/aromatic N) is 3. The van der Waals surface area contributed by atoms with Crippen LogP contribution in [0.5, 0.6) is 0 Å². The fourth-order valence-corrected chi connectivity index (χ4v) is 3.54. The van der Waals surface area contributed by atoms with Crippen molar-refractivity contribution in [2.24, 2.45) is 0 Å². The SMILES string of the molecule is CC(C)N(CCC(=O)O)C(=O)c1nn(-c2cccc(F)c2)c2c1CCCC2. The number of carbonyl (C=O) groups excluding carboxylic acids is 1. The fraction of sp³-hybridized carbons (Fsp3) is 0.450. The second-order valence-corrected chi connectivity index (χ2v) is 7.11. The van der Waals surface area contributed by atoms with Crippen LogP contribution in [0, 0.1) is 5.82 Å². The lowest BCUT2D eigenvalue weighted by Crippen LogP contribution is -2.39. The largest absolute Gasteiger partial charge is 0.481 e. The van der Waals surface area contributed by atoms with Crippen LogP contribution in [0.3, 0.4) is 0 Å². The number of carboxylic acids is 1. The predicted octanol–water partition coefficient (Wildman–Crippen LogP) is 3.22. The van der Waals surface area contributed by atoms with Crippen molar-refractivity contribution < 1.29 is 19.1 Å². The average molecular weight is 373 g/mol. The van der Waals surface area contributed by atoms with Gasteiger partial charge in [-0.25, -0.2) is 9.07 Å². The Bertz CT molecular complexity index is 860. The van der Waals surface area contributed by atoms with Gasteiger partial charge < -0.3 is 10.0 Å². The molecule has 1 aromatic carbocycles. The lowest BCUT2D eigenvalue weighted by molar-refractivity contribution is -0.137. The molecular weight excluding hydrogens is 349 g/mol. The molecule has 0 saturated heterocycles. The molecule has 0 unspecified atom stereocenters. The van der Waals surface area contributed by atoms with Crippen LogP contribution in [-0.4, -0.2) is 44.3 Å². The van der Waals surface area contributed by atoms with Crippen LogP contribution in [0.25, 0.3) is 5.69 Å². The maximum Gasteiger partial charge on any atom is 0.305 e. The predicted molar refractivity (Wildman–Crippen MR) is 98.6 cm³/mol. The lowest BCUT2D eigenvalue weighted by Gasteiger charge is -2.26. The molecule has 0 fully saturated rings. The van der Waals surface area contributed by atoms with Gasteiger partial charge in [-0.05, 0) is 57.7 Å². The minimum atomic E-state index is -0.944. The van der Waals surface area contributed by atoms with Crippen LogP contribution in [0.2, 0.25) is 0 Å². The number of hydrogen-bond acceptors (Lipinski definition) is 3. The van der Waals surface area contributed by atoms with E-state index in [2.05, 4.69) is 5.10 Å². The number of carboxylic acid groups (broad SMARTS) is 1. The zero-order valence-corrected chi connectivity index (χ0v) is 15.6. The summed E-state index contributed by atoms with van der Waals surface area (Å²) in [4.78, 5) is 25.7. The van der Waals surface area contributed by atoms with E-state index in [1.807, 2.05) is 13.8 Å². The Labute approximate surface area is 157 Å². The first-order valence-corrected chi connectivity index (χ1v) is 9.28. The Balaban J connectivity index is 2.02. The molecule has 1 heterocycles. The van der Waals surface area contributed by atoms with Gasteiger partial charge in [-0.3, -0.25) is 9.59 Å². The summed E-state index contributed by atoms with van der Waals surface area (Å²) in [6, 6.07) is 6.02. The summed E-state index contributed by atoms with van der Waals surface area (Å²) < 4.78 is 15.4. The molecule has 0 aliphatic heterocycles. The van der Waals surface area contributed by atoms with Crippen molar-refractivity contribution in [3.8, 4) is 5.69 Å². The third kappa shape index (κ3) is 4.02. The number of carbonyl (C=O) groups is 2. The highest BCUT2D eigenvalue weighted by molar-refractivity contribution is 5.94. The highest BCUT2D eigenvalue weighted by Crippen LogP contribution is 2.28. The van der Waals surface area contributed by atoms with Crippen molar-refractivity contribution in [3.63, 3.8) is 0 Å². The first-order valence-electron chi connectivity index (χ1n) is 9.28. The Morgan fingerprint density at radius 2 is 2.04 bits per heavy atom. The highest BCUT2D eigenvalue weighted by atomic mass is 19.1. The summed E-state index contributed by atoms with van der Waals surface area (Å²) in [5.74, 6) is -1.56. The molecule has 1 aliphatic carbocycles. The van der Waals surface area contributed by atoms with Gasteiger partial charge in [0, 0.05) is 23.8 Å². The van der Waals surface area contributed by atoms with Gasteiger partial charge in [0.25, 0.3) is 5.91 Å². The molecule has 144 valence electrons. The second kappa shape index (κ2) is 7.90. The molecule has 0 bridgehead atoms. The molecule has 0 spiro atoms. The van der Waals surface area contributed by atoms with Crippen molar-refractivity contribution in [1.29, 1.82) is 0 Å². The van der Waals surface area contributed by atoms with E-state index in [4.69, 9.17) is 5.11 Å². The van der Waals surface area contributed by atoms with Crippen molar-refractivity contribution in [2.75, 3.05) is 6.54 Å². The van der Waals surface area contributed by atoms with Crippen molar-refractivity contribution in [3.05, 3.63) is 47.0 Å². The standard InChI is InChI=1S/C20H24FN3O3/c1-13(2)23(11-10-18(25)26)20(27)19-16-8-3-4-9-17(16)24(22-19)15-7-5-6-14(21)12-15/h5-7,12-13H,3-4,8-11H2,1-2H3,(H,25,26). The van der Waals surface area contributed by atoms with E-state index >= 15 is 0 Å². The molecule has 27 heavy (non-hydrogen) atoms. The van der Waals surface area contributed by atoms with Gasteiger partial charge in [0.2, 0.25) is 0 Å². The van der Waals surface area contributed by atoms with E-state index in [0.717, 1.165) is 36.9 Å². The summed E-state index contributed by atoms with van der Waals surface area (Å²) in [6.07, 6.45) is 3.38. The summed E-state index contributed by atoms with van der Waals surface area (Å²) in [5.41, 5.74) is 2.79. The van der Waals surface area contributed by atoms with Crippen molar-refractivity contribution >= 4 is 11.9 Å². The van der Waals surface area contributed by atoms with E-state index in [1.54, 1.807) is 21.7 Å². The van der Waals surface area contributed by atoms with Crippen LogP contribution in [0.15, 0.2) is 24.3 Å². The van der Waals surface area contributed by atoms with Gasteiger partial charge in [-0.1, -0.05) is 6.07 Å². The van der Waals surface area contributed by atoms with Crippen LogP contribution in [-0.2, 0) is 17.6 Å². The molecule has 1 aliphatic rings. The van der Waals surface area contributed by atoms with Gasteiger partial charge in [0.1, 0.15) is 5.82 Å². The highest BCUT2D eigenvalue weighted by Gasteiger charge is 2.29. The van der Waals surface area contributed by atoms with Gasteiger partial charge in [-0.2, -0.15) is 5.10 Å². The number of aromatic nitrogens is 2. The monoisotopic (exact) mass is 373 g/mol. The molecule has 3 rings (SSSR count). The van der Waals surface area contributed by atoms with E-state index in [-0.39, 0.29) is 30.7 Å². The zero-order valence-electron chi connectivity index (χ0n) is 15.6. The van der Waals surface area contributed by atoms with Gasteiger partial charge in [-0.15, -0.1) is 0 Å². The smallest absolute Gasteiger partial charge is 0.305 e. The number of rotatable bonds is 6. The van der Waals surface area contributed by atoms with Crippen LogP contribution in [0.4, 0.5) is 4.39 Å². The van der Waals surface area contributed by atoms with Crippen molar-refractivity contribution in [2.45, 2.75) is 52.0 Å². The third-order valence-corrected chi connectivity index (χ3v) is 4.89. The molecule has 0 saturated carbocycles. The summed E-state index contributed by atoms with van der Waals surface area (Å²) >= 11 is 0. The molecule has 0 atom stereocenters. The summed E-state index contributed by atoms with van der Waals surface area (Å²) in [6.45, 7) is 3.85. The zero-order chi connectivity index (χ0) is 19.6. The molecule has 7 heteroatoms. The van der Waals surface area contributed by atoms with Crippen LogP contribution in [0.1, 0.15) is 54.9 Å². The number of fused-ring (bicyclic) bond motifs is 1. The fourth-order valence-electron chi connectivity index (χ4n) is 3.54. The lowest BCUT2D eigenvalue weighted by atomic mass is 9.95. The molecule has 2 aromatic rings. The van der Waals surface area contributed by atoms with E-state index in [9.17, 15) is 14.0 Å². The Morgan fingerprint density at radius 3 is 2.70 bits per heavy atom. The second-order valence-electron chi connectivity index (χ2n) is 7.11. The summed E-state index contributed by atoms with van der Waals surface area (Å²) in [7, 11) is 0. The number of halogens is 1. The molecule has 0 radical (unpaired) electrons. The maximum atomic E-state index is 13.7. The number of benzene rings is 1. The number of aliphatic carboxylic acids is 1. The average Bonchev–Trinajstić information content (AvgIpc) is 3.01. The Kier molecular flexibility index (Phi) is 5.58. The minimum Gasteiger partial charge on any atom is -0.481 e. The normalized spacial score (nSPS) is 13.5. The maximum absolute atomic E-state index is 13.7. The van der Waals surface area contributed by atoms with Gasteiger partial charge >= 0.3 is 5.97 Å². The summed E-state index contributed by atoms with van der Waals surface area (Å²) in [5, 5.41) is 13.5. The Morgan fingerprint density at radius 1 is 1.30 bits per heavy atom. The third-order valence-electron chi connectivity index (χ3n) is 4.89. The molecular formula is C20H24FN3O3. The number of amides is 1. The first kappa shape index (κ1) is 19.1. The topological polar surface area (TPSA) is 75.4 Å². The molecule has 1 aromatic heterocycles. The minimum absolute atomic E-state index is 0.114. The van der Waals surface area contributed by atoms with Crippen molar-refractivity contribution in [1.82, 2.24) is 14.7 Å². The van der Waals surface area contributed by atoms with Gasteiger partial charge in [0.15, 0.2) is 5.69 Å². The van der Waals surface area contributed by atoms with Gasteiger partial charge in [0.05, 0.1) is 12.1 Å². The molecule has 6 nitrogen and oxygen atoms in total. The quantitative estimate of drug-likeness (QED) is 0.844. The van der Waals surface area contributed by atoms with E-state index < -0.39 is 5.97 Å². The van der Waals surface area contributed by atoms with Crippen LogP contribution >= 0.6 is 0 Å². The van der Waals surface area contributed by atoms with E-state index in [1.165, 1.54) is 12.1 Å². The first-order chi connectivity index (χ1) is 12.9.